The standard InChI is InChI=1S/C19H18ClN3O4/c1-26-15-7-4-11(9-16(15)27-8-2-3-17(24)25)18-13-10-12(20)5-6-14(13)22-19(21)23-18/h4-7,9-10H,2-3,8H2,1H3,(H,24,25)(H2,21,22,23). The second-order valence-electron chi connectivity index (χ2n) is 5.80. The average Bonchev–Trinajstić information content (AvgIpc) is 2.64. The molecule has 3 rings (SSSR count). The lowest BCUT2D eigenvalue weighted by Gasteiger charge is -2.13. The van der Waals surface area contributed by atoms with Gasteiger partial charge in [0.2, 0.25) is 5.95 Å². The highest BCUT2D eigenvalue weighted by atomic mass is 35.5. The fraction of sp³-hybridized carbons (Fsp3) is 0.211. The number of aliphatic carboxylic acids is 1. The van der Waals surface area contributed by atoms with Crippen LogP contribution >= 0.6 is 11.6 Å². The van der Waals surface area contributed by atoms with Gasteiger partial charge in [-0.25, -0.2) is 9.97 Å². The molecule has 0 atom stereocenters. The van der Waals surface area contributed by atoms with E-state index in [1.807, 2.05) is 6.07 Å². The summed E-state index contributed by atoms with van der Waals surface area (Å²) >= 11 is 6.13. The largest absolute Gasteiger partial charge is 0.493 e. The molecule has 1 heterocycles. The lowest BCUT2D eigenvalue weighted by atomic mass is 10.1. The van der Waals surface area contributed by atoms with Crippen molar-refractivity contribution in [2.75, 3.05) is 19.5 Å². The lowest BCUT2D eigenvalue weighted by Crippen LogP contribution is -2.03. The summed E-state index contributed by atoms with van der Waals surface area (Å²) in [7, 11) is 1.54. The second kappa shape index (κ2) is 8.09. The zero-order chi connectivity index (χ0) is 19.4. The SMILES string of the molecule is COc1ccc(-c2nc(N)nc3ccc(Cl)cc23)cc1OCCCC(=O)O. The summed E-state index contributed by atoms with van der Waals surface area (Å²) < 4.78 is 11.0. The molecule has 0 radical (unpaired) electrons. The summed E-state index contributed by atoms with van der Waals surface area (Å²) in [5.74, 6) is 0.324. The average molecular weight is 388 g/mol. The minimum atomic E-state index is -0.862. The van der Waals surface area contributed by atoms with Crippen molar-refractivity contribution in [1.29, 1.82) is 0 Å². The number of nitrogens with two attached hydrogens (primary N) is 1. The third kappa shape index (κ3) is 4.38. The summed E-state index contributed by atoms with van der Waals surface area (Å²) in [6.07, 6.45) is 0.426. The van der Waals surface area contributed by atoms with Crippen LogP contribution in [0, 0.1) is 0 Å². The number of hydrogen-bond acceptors (Lipinski definition) is 6. The van der Waals surface area contributed by atoms with Crippen LogP contribution in [-0.2, 0) is 4.79 Å². The summed E-state index contributed by atoms with van der Waals surface area (Å²) in [5.41, 5.74) is 7.91. The Labute approximate surface area is 160 Å². The Hall–Kier alpha value is -3.06. The number of carbonyl (C=O) groups is 1. The maximum absolute atomic E-state index is 10.6. The topological polar surface area (TPSA) is 108 Å². The summed E-state index contributed by atoms with van der Waals surface area (Å²) in [6.45, 7) is 0.255. The third-order valence-corrected chi connectivity index (χ3v) is 4.14. The van der Waals surface area contributed by atoms with E-state index < -0.39 is 5.97 Å². The molecule has 0 aliphatic carbocycles. The van der Waals surface area contributed by atoms with Gasteiger partial charge in [0.1, 0.15) is 0 Å². The molecule has 2 aromatic carbocycles. The van der Waals surface area contributed by atoms with Crippen LogP contribution < -0.4 is 15.2 Å². The van der Waals surface area contributed by atoms with Gasteiger partial charge >= 0.3 is 5.97 Å². The van der Waals surface area contributed by atoms with Crippen LogP contribution in [0.4, 0.5) is 5.95 Å². The van der Waals surface area contributed by atoms with Crippen LogP contribution in [-0.4, -0.2) is 34.8 Å². The molecule has 3 N–H and O–H groups in total. The maximum atomic E-state index is 10.6. The van der Waals surface area contributed by atoms with E-state index in [0.29, 0.717) is 34.2 Å². The van der Waals surface area contributed by atoms with E-state index in [-0.39, 0.29) is 19.0 Å². The van der Waals surface area contributed by atoms with Crippen molar-refractivity contribution in [3.05, 3.63) is 41.4 Å². The molecule has 140 valence electrons. The fourth-order valence-corrected chi connectivity index (χ4v) is 2.85. The summed E-state index contributed by atoms with van der Waals surface area (Å²) in [6, 6.07) is 10.7. The van der Waals surface area contributed by atoms with Gasteiger partial charge in [-0.3, -0.25) is 4.79 Å². The predicted octanol–water partition coefficient (Wildman–Crippen LogP) is 3.78. The number of nitrogen functional groups attached to an aromatic ring is 1. The van der Waals surface area contributed by atoms with Crippen LogP contribution in [0.25, 0.3) is 22.2 Å². The minimum Gasteiger partial charge on any atom is -0.493 e. The van der Waals surface area contributed by atoms with Crippen LogP contribution in [0.2, 0.25) is 5.02 Å². The summed E-state index contributed by atoms with van der Waals surface area (Å²) in [5, 5.41) is 10.1. The first kappa shape index (κ1) is 18.7. The van der Waals surface area contributed by atoms with E-state index in [1.54, 1.807) is 30.3 Å². The van der Waals surface area contributed by atoms with Crippen molar-refractivity contribution in [2.45, 2.75) is 12.8 Å². The van der Waals surface area contributed by atoms with Gasteiger partial charge in [0.25, 0.3) is 0 Å². The number of halogens is 1. The first-order chi connectivity index (χ1) is 13.0. The molecular formula is C19H18ClN3O4. The number of rotatable bonds is 7. The number of benzene rings is 2. The normalized spacial score (nSPS) is 10.7. The van der Waals surface area contributed by atoms with Gasteiger partial charge in [-0.2, -0.15) is 0 Å². The van der Waals surface area contributed by atoms with Crippen molar-refractivity contribution in [2.24, 2.45) is 0 Å². The van der Waals surface area contributed by atoms with Crippen molar-refractivity contribution in [1.82, 2.24) is 9.97 Å². The molecule has 0 unspecified atom stereocenters. The molecule has 8 heteroatoms. The maximum Gasteiger partial charge on any atom is 0.303 e. The smallest absolute Gasteiger partial charge is 0.303 e. The Morgan fingerprint density at radius 3 is 2.74 bits per heavy atom. The van der Waals surface area contributed by atoms with E-state index in [0.717, 1.165) is 10.9 Å². The highest BCUT2D eigenvalue weighted by molar-refractivity contribution is 6.31. The number of aromatic nitrogens is 2. The number of methoxy groups -OCH3 is 1. The number of carboxylic acids is 1. The van der Waals surface area contributed by atoms with Gasteiger partial charge in [-0.15, -0.1) is 0 Å². The van der Waals surface area contributed by atoms with Crippen LogP contribution in [0.15, 0.2) is 36.4 Å². The molecule has 27 heavy (non-hydrogen) atoms. The van der Waals surface area contributed by atoms with Gasteiger partial charge in [-0.05, 0) is 42.8 Å². The Morgan fingerprint density at radius 2 is 2.00 bits per heavy atom. The molecule has 0 bridgehead atoms. The first-order valence-corrected chi connectivity index (χ1v) is 8.61. The number of ether oxygens (including phenoxy) is 2. The van der Waals surface area contributed by atoms with Crippen molar-refractivity contribution >= 4 is 34.4 Å². The number of fused-ring (bicyclic) bond motifs is 1. The molecule has 0 spiro atoms. The van der Waals surface area contributed by atoms with Crippen molar-refractivity contribution in [3.8, 4) is 22.8 Å². The van der Waals surface area contributed by atoms with Crippen molar-refractivity contribution in [3.63, 3.8) is 0 Å². The molecule has 0 saturated carbocycles. The highest BCUT2D eigenvalue weighted by Gasteiger charge is 2.13. The molecule has 0 amide bonds. The zero-order valence-electron chi connectivity index (χ0n) is 14.6. The lowest BCUT2D eigenvalue weighted by molar-refractivity contribution is -0.137. The Morgan fingerprint density at radius 1 is 1.19 bits per heavy atom. The first-order valence-electron chi connectivity index (χ1n) is 8.23. The van der Waals surface area contributed by atoms with Gasteiger partial charge in [-0.1, -0.05) is 11.6 Å². The number of hydrogen-bond donors (Lipinski definition) is 2. The highest BCUT2D eigenvalue weighted by Crippen LogP contribution is 2.35. The summed E-state index contributed by atoms with van der Waals surface area (Å²) in [4.78, 5) is 19.2. The van der Waals surface area contributed by atoms with Crippen LogP contribution in [0.5, 0.6) is 11.5 Å². The number of anilines is 1. The molecule has 0 aliphatic heterocycles. The molecule has 3 aromatic rings. The van der Waals surface area contributed by atoms with Crippen molar-refractivity contribution < 1.29 is 19.4 Å². The van der Waals surface area contributed by atoms with Gasteiger partial charge in [0.15, 0.2) is 11.5 Å². The minimum absolute atomic E-state index is 0.0353. The van der Waals surface area contributed by atoms with E-state index in [1.165, 1.54) is 7.11 Å². The Bertz CT molecular complexity index is 994. The fourth-order valence-electron chi connectivity index (χ4n) is 2.68. The molecule has 0 fully saturated rings. The van der Waals surface area contributed by atoms with E-state index in [2.05, 4.69) is 9.97 Å². The van der Waals surface area contributed by atoms with Gasteiger partial charge < -0.3 is 20.3 Å². The second-order valence-corrected chi connectivity index (χ2v) is 6.24. The molecule has 1 aromatic heterocycles. The quantitative estimate of drug-likeness (QED) is 0.594. The Balaban J connectivity index is 1.99. The molecule has 7 nitrogen and oxygen atoms in total. The van der Waals surface area contributed by atoms with Crippen LogP contribution in [0.3, 0.4) is 0 Å². The van der Waals surface area contributed by atoms with E-state index >= 15 is 0 Å². The predicted molar refractivity (Wildman–Crippen MR) is 103 cm³/mol. The third-order valence-electron chi connectivity index (χ3n) is 3.90. The van der Waals surface area contributed by atoms with Crippen LogP contribution in [0.1, 0.15) is 12.8 Å². The molecule has 0 aliphatic rings. The van der Waals surface area contributed by atoms with E-state index in [9.17, 15) is 4.79 Å². The van der Waals surface area contributed by atoms with E-state index in [4.69, 9.17) is 31.9 Å². The Kier molecular flexibility index (Phi) is 5.61. The molecule has 0 saturated heterocycles. The van der Waals surface area contributed by atoms with Gasteiger partial charge in [0.05, 0.1) is 24.9 Å². The van der Waals surface area contributed by atoms with Gasteiger partial charge in [0, 0.05) is 22.4 Å². The number of nitrogens with zero attached hydrogens (tertiary/aromatic N) is 2. The monoisotopic (exact) mass is 387 g/mol. The zero-order valence-corrected chi connectivity index (χ0v) is 15.4. The number of carboxylic acid groups (broad SMARTS) is 1. The molecular weight excluding hydrogens is 370 g/mol.